The second kappa shape index (κ2) is 7.21. The Labute approximate surface area is 122 Å². The van der Waals surface area contributed by atoms with E-state index >= 15 is 0 Å². The summed E-state index contributed by atoms with van der Waals surface area (Å²) in [7, 11) is 0. The van der Waals surface area contributed by atoms with Gasteiger partial charge in [0.05, 0.1) is 12.7 Å². The molecule has 1 heterocycles. The average molecular weight is 277 g/mol. The van der Waals surface area contributed by atoms with Crippen molar-refractivity contribution in [2.75, 3.05) is 32.8 Å². The number of ether oxygens (including phenoxy) is 1. The highest BCUT2D eigenvalue weighted by atomic mass is 16.5. The molecule has 0 aromatic heterocycles. The molecule has 0 unspecified atom stereocenters. The van der Waals surface area contributed by atoms with Crippen molar-refractivity contribution in [1.82, 2.24) is 4.90 Å². The molecule has 0 spiro atoms. The number of hydrogen-bond acceptors (Lipinski definition) is 3. The van der Waals surface area contributed by atoms with Crippen molar-refractivity contribution < 1.29 is 9.84 Å². The predicted octanol–water partition coefficient (Wildman–Crippen LogP) is 2.70. The minimum absolute atomic E-state index is 0.405. The molecule has 0 aliphatic carbocycles. The van der Waals surface area contributed by atoms with Gasteiger partial charge in [-0.3, -0.25) is 0 Å². The molecule has 1 aromatic rings. The average Bonchev–Trinajstić information content (AvgIpc) is 2.93. The summed E-state index contributed by atoms with van der Waals surface area (Å²) in [6, 6.07) is 6.29. The molecule has 1 saturated heterocycles. The highest BCUT2D eigenvalue weighted by molar-refractivity contribution is 5.32. The maximum atomic E-state index is 10.5. The molecule has 0 bridgehead atoms. The molecule has 2 atom stereocenters. The summed E-state index contributed by atoms with van der Waals surface area (Å²) in [5, 5.41) is 10.5. The lowest BCUT2D eigenvalue weighted by molar-refractivity contribution is 0.101. The van der Waals surface area contributed by atoms with Crippen LogP contribution in [0.5, 0.6) is 0 Å². The molecule has 0 radical (unpaired) electrons. The lowest BCUT2D eigenvalue weighted by Crippen LogP contribution is -2.33. The normalized spacial score (nSPS) is 20.6. The van der Waals surface area contributed by atoms with Crippen molar-refractivity contribution in [3.05, 3.63) is 34.9 Å². The van der Waals surface area contributed by atoms with Gasteiger partial charge in [-0.15, -0.1) is 0 Å². The minimum atomic E-state index is -0.405. The van der Waals surface area contributed by atoms with Crippen molar-refractivity contribution >= 4 is 0 Å². The first-order valence-corrected chi connectivity index (χ1v) is 7.65. The van der Waals surface area contributed by atoms with Gasteiger partial charge in [-0.2, -0.15) is 0 Å². The van der Waals surface area contributed by atoms with E-state index in [9.17, 15) is 5.11 Å². The summed E-state index contributed by atoms with van der Waals surface area (Å²) in [6.45, 7) is 10.8. The summed E-state index contributed by atoms with van der Waals surface area (Å²) in [5.41, 5.74) is 3.44. The Bertz CT molecular complexity index is 427. The van der Waals surface area contributed by atoms with Gasteiger partial charge in [-0.25, -0.2) is 0 Å². The van der Waals surface area contributed by atoms with Crippen LogP contribution in [0.1, 0.15) is 36.1 Å². The van der Waals surface area contributed by atoms with Crippen molar-refractivity contribution in [3.8, 4) is 0 Å². The largest absolute Gasteiger partial charge is 0.387 e. The lowest BCUT2D eigenvalue weighted by atomic mass is 10.00. The molecule has 2 rings (SSSR count). The summed E-state index contributed by atoms with van der Waals surface area (Å²) < 4.78 is 5.44. The molecule has 3 heteroatoms. The molecule has 3 nitrogen and oxygen atoms in total. The molecule has 1 N–H and O–H groups in total. The van der Waals surface area contributed by atoms with E-state index in [-0.39, 0.29) is 0 Å². The van der Waals surface area contributed by atoms with Crippen LogP contribution in [0.15, 0.2) is 18.2 Å². The number of rotatable bonds is 6. The lowest BCUT2D eigenvalue weighted by Gasteiger charge is -2.26. The molecule has 0 amide bonds. The predicted molar refractivity (Wildman–Crippen MR) is 81.9 cm³/mol. The van der Waals surface area contributed by atoms with Crippen LogP contribution < -0.4 is 0 Å². The molecule has 0 saturated carbocycles. The van der Waals surface area contributed by atoms with E-state index in [1.165, 1.54) is 11.1 Å². The number of nitrogens with zero attached hydrogens (tertiary/aromatic N) is 1. The van der Waals surface area contributed by atoms with Crippen LogP contribution >= 0.6 is 0 Å². The number of aliphatic hydroxyl groups excluding tert-OH is 1. The van der Waals surface area contributed by atoms with Crippen molar-refractivity contribution in [1.29, 1.82) is 0 Å². The van der Waals surface area contributed by atoms with Gasteiger partial charge in [0, 0.05) is 19.7 Å². The zero-order chi connectivity index (χ0) is 14.5. The van der Waals surface area contributed by atoms with Crippen molar-refractivity contribution in [2.24, 2.45) is 5.92 Å². The Morgan fingerprint density at radius 1 is 1.40 bits per heavy atom. The van der Waals surface area contributed by atoms with Crippen LogP contribution in [0, 0.1) is 19.8 Å². The van der Waals surface area contributed by atoms with Crippen LogP contribution in [0.25, 0.3) is 0 Å². The maximum Gasteiger partial charge on any atom is 0.0919 e. The quantitative estimate of drug-likeness (QED) is 0.868. The Morgan fingerprint density at radius 2 is 2.20 bits per heavy atom. The van der Waals surface area contributed by atoms with Gasteiger partial charge in [0.25, 0.3) is 0 Å². The van der Waals surface area contributed by atoms with Crippen molar-refractivity contribution in [2.45, 2.75) is 33.3 Å². The van der Waals surface area contributed by atoms with Gasteiger partial charge in [-0.05, 0) is 43.9 Å². The monoisotopic (exact) mass is 277 g/mol. The zero-order valence-corrected chi connectivity index (χ0v) is 12.9. The standard InChI is InChI=1S/C17H27NO2/c1-4-18(10-15-7-8-20-12-15)11-17(19)16-9-13(2)5-6-14(16)3/h5-6,9,15,17,19H,4,7-8,10-12H2,1-3H3/t15-,17+/m0/s1. The number of likely N-dealkylation sites (N-methyl/N-ethyl adjacent to an activating group) is 1. The van der Waals surface area contributed by atoms with E-state index in [1.807, 2.05) is 0 Å². The second-order valence-electron chi connectivity index (χ2n) is 5.96. The highest BCUT2D eigenvalue weighted by Gasteiger charge is 2.21. The summed E-state index contributed by atoms with van der Waals surface area (Å²) in [4.78, 5) is 2.34. The van der Waals surface area contributed by atoms with E-state index in [4.69, 9.17) is 4.74 Å². The van der Waals surface area contributed by atoms with E-state index in [0.29, 0.717) is 12.5 Å². The fourth-order valence-electron chi connectivity index (χ4n) is 2.89. The van der Waals surface area contributed by atoms with E-state index in [2.05, 4.69) is 43.9 Å². The number of aliphatic hydroxyl groups is 1. The smallest absolute Gasteiger partial charge is 0.0919 e. The molecule has 20 heavy (non-hydrogen) atoms. The fourth-order valence-corrected chi connectivity index (χ4v) is 2.89. The first-order chi connectivity index (χ1) is 9.60. The van der Waals surface area contributed by atoms with Crippen LogP contribution in [0.4, 0.5) is 0 Å². The topological polar surface area (TPSA) is 32.7 Å². The minimum Gasteiger partial charge on any atom is -0.387 e. The molecule has 112 valence electrons. The number of aryl methyl sites for hydroxylation is 2. The van der Waals surface area contributed by atoms with E-state index in [1.54, 1.807) is 0 Å². The molecular formula is C17H27NO2. The van der Waals surface area contributed by atoms with Crippen LogP contribution in [0.2, 0.25) is 0 Å². The number of hydrogen-bond donors (Lipinski definition) is 1. The maximum absolute atomic E-state index is 10.5. The summed E-state index contributed by atoms with van der Waals surface area (Å²) >= 11 is 0. The Kier molecular flexibility index (Phi) is 5.58. The van der Waals surface area contributed by atoms with Gasteiger partial charge >= 0.3 is 0 Å². The fraction of sp³-hybridized carbons (Fsp3) is 0.647. The SMILES string of the molecule is CCN(C[C@@H]1CCOC1)C[C@@H](O)c1cc(C)ccc1C. The second-order valence-corrected chi connectivity index (χ2v) is 5.96. The van der Waals surface area contributed by atoms with Gasteiger partial charge in [0.15, 0.2) is 0 Å². The number of benzene rings is 1. The van der Waals surface area contributed by atoms with Crippen LogP contribution in [-0.4, -0.2) is 42.9 Å². The van der Waals surface area contributed by atoms with E-state index in [0.717, 1.165) is 38.3 Å². The van der Waals surface area contributed by atoms with Gasteiger partial charge in [0.2, 0.25) is 0 Å². The molecule has 1 fully saturated rings. The molecule has 1 aromatic carbocycles. The third kappa shape index (κ3) is 4.05. The molecular weight excluding hydrogens is 250 g/mol. The van der Waals surface area contributed by atoms with Gasteiger partial charge in [-0.1, -0.05) is 30.7 Å². The Balaban J connectivity index is 1.97. The first kappa shape index (κ1) is 15.5. The summed E-state index contributed by atoms with van der Waals surface area (Å²) in [6.07, 6.45) is 0.743. The molecule has 1 aliphatic rings. The summed E-state index contributed by atoms with van der Waals surface area (Å²) in [5.74, 6) is 0.626. The first-order valence-electron chi connectivity index (χ1n) is 7.65. The van der Waals surface area contributed by atoms with Crippen molar-refractivity contribution in [3.63, 3.8) is 0 Å². The van der Waals surface area contributed by atoms with Gasteiger partial charge < -0.3 is 14.7 Å². The van der Waals surface area contributed by atoms with Crippen LogP contribution in [0.3, 0.4) is 0 Å². The molecule has 1 aliphatic heterocycles. The Hall–Kier alpha value is -0.900. The third-order valence-electron chi connectivity index (χ3n) is 4.21. The van der Waals surface area contributed by atoms with Gasteiger partial charge in [0.1, 0.15) is 0 Å². The third-order valence-corrected chi connectivity index (χ3v) is 4.21. The zero-order valence-electron chi connectivity index (χ0n) is 12.9. The highest BCUT2D eigenvalue weighted by Crippen LogP contribution is 2.21. The van der Waals surface area contributed by atoms with E-state index < -0.39 is 6.10 Å². The van der Waals surface area contributed by atoms with Crippen LogP contribution in [-0.2, 0) is 4.74 Å². The Morgan fingerprint density at radius 3 is 2.85 bits per heavy atom.